The van der Waals surface area contributed by atoms with Crippen molar-refractivity contribution in [3.8, 4) is 0 Å². The predicted octanol–water partition coefficient (Wildman–Crippen LogP) is 2.06. The summed E-state index contributed by atoms with van der Waals surface area (Å²) >= 11 is 0. The number of benzene rings is 1. The highest BCUT2D eigenvalue weighted by molar-refractivity contribution is 5.95. The monoisotopic (exact) mass is 287 g/mol. The third kappa shape index (κ3) is 4.34. The summed E-state index contributed by atoms with van der Waals surface area (Å²) in [6.45, 7) is 6.12. The highest BCUT2D eigenvalue weighted by Gasteiger charge is 2.29. The van der Waals surface area contributed by atoms with E-state index in [0.29, 0.717) is 6.54 Å². The average molecular weight is 287 g/mol. The molecule has 3 N–H and O–H groups in total. The summed E-state index contributed by atoms with van der Waals surface area (Å²) in [5, 5.41) is 8.73. The second kappa shape index (κ2) is 6.92. The topological polar surface area (TPSA) is 70.2 Å². The van der Waals surface area contributed by atoms with E-state index in [2.05, 4.69) is 22.5 Å². The van der Waals surface area contributed by atoms with Gasteiger partial charge in [-0.2, -0.15) is 0 Å². The Bertz CT molecular complexity index is 550. The molecule has 0 spiro atoms. The molecule has 0 bridgehead atoms. The lowest BCUT2D eigenvalue weighted by Gasteiger charge is -2.14. The quantitative estimate of drug-likeness (QED) is 0.672. The summed E-state index contributed by atoms with van der Waals surface area (Å²) in [4.78, 5) is 23.4. The van der Waals surface area contributed by atoms with Crippen LogP contribution in [0.1, 0.15) is 18.4 Å². The van der Waals surface area contributed by atoms with Crippen LogP contribution in [0.4, 0.5) is 11.4 Å². The molecule has 1 saturated carbocycles. The number of rotatable bonds is 7. The Labute approximate surface area is 124 Å². The third-order valence-electron chi connectivity index (χ3n) is 3.42. The van der Waals surface area contributed by atoms with Crippen LogP contribution in [0.3, 0.4) is 0 Å². The molecule has 0 atom stereocenters. The predicted molar refractivity (Wildman–Crippen MR) is 84.2 cm³/mol. The van der Waals surface area contributed by atoms with Gasteiger partial charge in [-0.15, -0.1) is 6.58 Å². The van der Waals surface area contributed by atoms with Crippen molar-refractivity contribution in [3.05, 3.63) is 36.4 Å². The van der Waals surface area contributed by atoms with Crippen LogP contribution in [0.5, 0.6) is 0 Å². The minimum atomic E-state index is -0.0956. The van der Waals surface area contributed by atoms with Crippen molar-refractivity contribution in [1.29, 1.82) is 0 Å². The highest BCUT2D eigenvalue weighted by atomic mass is 16.2. The molecule has 2 amide bonds. The lowest BCUT2D eigenvalue weighted by atomic mass is 10.1. The Morgan fingerprint density at radius 3 is 2.71 bits per heavy atom. The van der Waals surface area contributed by atoms with Gasteiger partial charge in [0, 0.05) is 23.8 Å². The molecule has 0 aromatic heterocycles. The second-order valence-electron chi connectivity index (χ2n) is 5.19. The van der Waals surface area contributed by atoms with Crippen LogP contribution in [0.2, 0.25) is 0 Å². The molecule has 1 fully saturated rings. The molecular weight excluding hydrogens is 266 g/mol. The number of hydrogen-bond donors (Lipinski definition) is 3. The smallest absolute Gasteiger partial charge is 0.239 e. The van der Waals surface area contributed by atoms with Gasteiger partial charge in [-0.05, 0) is 37.5 Å². The molecule has 0 aliphatic heterocycles. The van der Waals surface area contributed by atoms with Gasteiger partial charge in [0.1, 0.15) is 0 Å². The van der Waals surface area contributed by atoms with Crippen molar-refractivity contribution in [2.75, 3.05) is 23.7 Å². The summed E-state index contributed by atoms with van der Waals surface area (Å²) in [6.07, 6.45) is 3.59. The van der Waals surface area contributed by atoms with E-state index < -0.39 is 0 Å². The largest absolute Gasteiger partial charge is 0.376 e. The van der Waals surface area contributed by atoms with Gasteiger partial charge < -0.3 is 16.0 Å². The van der Waals surface area contributed by atoms with E-state index in [9.17, 15) is 9.59 Å². The van der Waals surface area contributed by atoms with Crippen molar-refractivity contribution in [1.82, 2.24) is 5.32 Å². The summed E-state index contributed by atoms with van der Waals surface area (Å²) in [6, 6.07) is 5.63. The molecule has 1 aliphatic rings. The van der Waals surface area contributed by atoms with Gasteiger partial charge in [-0.1, -0.05) is 12.1 Å². The van der Waals surface area contributed by atoms with E-state index in [4.69, 9.17) is 0 Å². The Balaban J connectivity index is 1.94. The Kier molecular flexibility index (Phi) is 4.98. The van der Waals surface area contributed by atoms with Gasteiger partial charge in [0.25, 0.3) is 0 Å². The molecule has 1 aromatic carbocycles. The number of carbonyl (C=O) groups excluding carboxylic acids is 2. The molecule has 5 heteroatoms. The Hall–Kier alpha value is -2.30. The zero-order chi connectivity index (χ0) is 15.2. The van der Waals surface area contributed by atoms with Crippen LogP contribution in [0, 0.1) is 12.8 Å². The summed E-state index contributed by atoms with van der Waals surface area (Å²) in [5.41, 5.74) is 2.57. The Morgan fingerprint density at radius 2 is 2.05 bits per heavy atom. The number of carbonyl (C=O) groups is 2. The molecule has 0 radical (unpaired) electrons. The molecule has 0 heterocycles. The maximum Gasteiger partial charge on any atom is 0.239 e. The molecule has 112 valence electrons. The average Bonchev–Trinajstić information content (AvgIpc) is 3.30. The van der Waals surface area contributed by atoms with E-state index in [-0.39, 0.29) is 24.3 Å². The van der Waals surface area contributed by atoms with E-state index in [1.54, 1.807) is 6.08 Å². The lowest BCUT2D eigenvalue weighted by Crippen LogP contribution is -2.30. The van der Waals surface area contributed by atoms with Crippen molar-refractivity contribution in [2.45, 2.75) is 19.8 Å². The number of hydrogen-bond acceptors (Lipinski definition) is 3. The maximum atomic E-state index is 11.8. The van der Waals surface area contributed by atoms with Gasteiger partial charge in [0.2, 0.25) is 11.8 Å². The zero-order valence-corrected chi connectivity index (χ0v) is 12.2. The third-order valence-corrected chi connectivity index (χ3v) is 3.42. The van der Waals surface area contributed by atoms with Crippen molar-refractivity contribution in [3.63, 3.8) is 0 Å². The normalized spacial score (nSPS) is 13.4. The minimum absolute atomic E-state index is 0.0824. The van der Waals surface area contributed by atoms with Crippen molar-refractivity contribution < 1.29 is 9.59 Å². The van der Waals surface area contributed by atoms with Gasteiger partial charge in [0.15, 0.2) is 0 Å². The van der Waals surface area contributed by atoms with Crippen molar-refractivity contribution >= 4 is 23.2 Å². The molecule has 5 nitrogen and oxygen atoms in total. The van der Waals surface area contributed by atoms with E-state index in [0.717, 1.165) is 29.8 Å². The van der Waals surface area contributed by atoms with E-state index >= 15 is 0 Å². The SMILES string of the molecule is C=CCNC(=O)CNc1cccc(NC(=O)C2CC2)c1C. The van der Waals surface area contributed by atoms with Crippen LogP contribution in [0.15, 0.2) is 30.9 Å². The minimum Gasteiger partial charge on any atom is -0.376 e. The first kappa shape index (κ1) is 15.1. The summed E-state index contributed by atoms with van der Waals surface area (Å²) in [7, 11) is 0. The fourth-order valence-electron chi connectivity index (χ4n) is 1.97. The van der Waals surface area contributed by atoms with Gasteiger partial charge >= 0.3 is 0 Å². The van der Waals surface area contributed by atoms with Crippen LogP contribution in [-0.4, -0.2) is 24.9 Å². The molecule has 21 heavy (non-hydrogen) atoms. The molecule has 0 unspecified atom stereocenters. The fraction of sp³-hybridized carbons (Fsp3) is 0.375. The molecule has 2 rings (SSSR count). The van der Waals surface area contributed by atoms with E-state index in [1.165, 1.54) is 0 Å². The number of amides is 2. The van der Waals surface area contributed by atoms with Gasteiger partial charge in [-0.3, -0.25) is 9.59 Å². The first-order valence-electron chi connectivity index (χ1n) is 7.13. The molecular formula is C16H21N3O2. The number of anilines is 2. The molecule has 1 aliphatic carbocycles. The van der Waals surface area contributed by atoms with Gasteiger partial charge in [-0.25, -0.2) is 0 Å². The number of nitrogens with one attached hydrogen (secondary N) is 3. The summed E-state index contributed by atoms with van der Waals surface area (Å²) in [5.74, 6) is 0.159. The van der Waals surface area contributed by atoms with E-state index in [1.807, 2.05) is 25.1 Å². The fourth-order valence-corrected chi connectivity index (χ4v) is 1.97. The lowest BCUT2D eigenvalue weighted by molar-refractivity contribution is -0.119. The maximum absolute atomic E-state index is 11.8. The van der Waals surface area contributed by atoms with Crippen molar-refractivity contribution in [2.24, 2.45) is 5.92 Å². The van der Waals surface area contributed by atoms with Crippen LogP contribution >= 0.6 is 0 Å². The zero-order valence-electron chi connectivity index (χ0n) is 12.2. The summed E-state index contributed by atoms with van der Waals surface area (Å²) < 4.78 is 0. The first-order chi connectivity index (χ1) is 10.1. The molecule has 0 saturated heterocycles. The van der Waals surface area contributed by atoms with Crippen LogP contribution < -0.4 is 16.0 Å². The van der Waals surface area contributed by atoms with Crippen LogP contribution in [-0.2, 0) is 9.59 Å². The Morgan fingerprint density at radius 1 is 1.33 bits per heavy atom. The van der Waals surface area contributed by atoms with Crippen LogP contribution in [0.25, 0.3) is 0 Å². The van der Waals surface area contributed by atoms with Gasteiger partial charge in [0.05, 0.1) is 6.54 Å². The second-order valence-corrected chi connectivity index (χ2v) is 5.19. The highest BCUT2D eigenvalue weighted by Crippen LogP contribution is 2.31. The molecule has 1 aromatic rings. The standard InChI is InChI=1S/C16H21N3O2/c1-3-9-17-15(20)10-18-13-5-4-6-14(11(13)2)19-16(21)12-7-8-12/h3-6,12,18H,1,7-10H2,2H3,(H,17,20)(H,19,21). The first-order valence-corrected chi connectivity index (χ1v) is 7.13.